The molecule has 0 unspecified atom stereocenters. The normalized spacial score (nSPS) is 16.1. The highest BCUT2D eigenvalue weighted by atomic mass is 32.1. The van der Waals surface area contributed by atoms with Crippen LogP contribution < -0.4 is 10.1 Å². The summed E-state index contributed by atoms with van der Waals surface area (Å²) in [6.45, 7) is 0. The lowest BCUT2D eigenvalue weighted by molar-refractivity contribution is 0.350. The summed E-state index contributed by atoms with van der Waals surface area (Å²) >= 11 is 5.67. The molecular weight excluding hydrogens is 358 g/mol. The second kappa shape index (κ2) is 7.63. The number of nitrogens with one attached hydrogen (secondary N) is 1. The molecule has 0 saturated carbocycles. The highest BCUT2D eigenvalue weighted by Gasteiger charge is 2.34. The fourth-order valence-electron chi connectivity index (χ4n) is 3.18. The van der Waals surface area contributed by atoms with Crippen molar-refractivity contribution in [2.45, 2.75) is 12.5 Å². The van der Waals surface area contributed by atoms with E-state index in [0.29, 0.717) is 11.5 Å². The van der Waals surface area contributed by atoms with E-state index in [9.17, 15) is 0 Å². The van der Waals surface area contributed by atoms with E-state index in [0.717, 1.165) is 28.5 Å². The second-order valence-corrected chi connectivity index (χ2v) is 6.51. The van der Waals surface area contributed by atoms with Gasteiger partial charge in [-0.2, -0.15) is 5.10 Å². The van der Waals surface area contributed by atoms with Crippen molar-refractivity contribution in [1.82, 2.24) is 5.01 Å². The van der Waals surface area contributed by atoms with Gasteiger partial charge < -0.3 is 14.5 Å². The number of thiocarbonyl (C=S) groups is 1. The third kappa shape index (κ3) is 3.57. The number of hydrogen-bond acceptors (Lipinski definition) is 4. The standard InChI is InChI=1S/C21H19N3O2S/c1-25-19-11-6-5-10-16(19)18-14-17(20-12-7-13-26-20)23-24(18)21(27)22-15-8-3-2-4-9-15/h2-13,18H,14H2,1H3,(H,22,27)/t18-/m0/s1. The molecule has 3 aromatic rings. The molecule has 0 bridgehead atoms. The van der Waals surface area contributed by atoms with Crippen LogP contribution in [-0.4, -0.2) is 22.9 Å². The van der Waals surface area contributed by atoms with Crippen LogP contribution in [0.4, 0.5) is 5.69 Å². The Hall–Kier alpha value is -3.12. The number of anilines is 1. The van der Waals surface area contributed by atoms with Gasteiger partial charge in [-0.05, 0) is 42.5 Å². The molecule has 6 heteroatoms. The Balaban J connectivity index is 1.68. The molecule has 0 fully saturated rings. The van der Waals surface area contributed by atoms with Gasteiger partial charge in [-0.25, -0.2) is 5.01 Å². The van der Waals surface area contributed by atoms with Gasteiger partial charge in [0.2, 0.25) is 0 Å². The van der Waals surface area contributed by atoms with Crippen LogP contribution in [0.5, 0.6) is 5.75 Å². The summed E-state index contributed by atoms with van der Waals surface area (Å²) in [6, 6.07) is 21.5. The van der Waals surface area contributed by atoms with Crippen molar-refractivity contribution in [3.05, 3.63) is 84.3 Å². The third-order valence-corrected chi connectivity index (χ3v) is 4.74. The number of rotatable bonds is 4. The fourth-order valence-corrected chi connectivity index (χ4v) is 3.46. The lowest BCUT2D eigenvalue weighted by Gasteiger charge is -2.26. The number of nitrogens with zero attached hydrogens (tertiary/aromatic N) is 2. The number of hydrogen-bond donors (Lipinski definition) is 1. The smallest absolute Gasteiger partial charge is 0.194 e. The molecule has 136 valence electrons. The van der Waals surface area contributed by atoms with E-state index < -0.39 is 0 Å². The van der Waals surface area contributed by atoms with Gasteiger partial charge in [0.1, 0.15) is 17.2 Å². The quantitative estimate of drug-likeness (QED) is 0.660. The molecule has 5 nitrogen and oxygen atoms in total. The van der Waals surface area contributed by atoms with E-state index in [2.05, 4.69) is 5.32 Å². The second-order valence-electron chi connectivity index (χ2n) is 6.13. The molecule has 1 aliphatic rings. The maximum Gasteiger partial charge on any atom is 0.194 e. The fraction of sp³-hybridized carbons (Fsp3) is 0.143. The van der Waals surface area contributed by atoms with Crippen LogP contribution in [0.2, 0.25) is 0 Å². The van der Waals surface area contributed by atoms with Gasteiger partial charge in [-0.3, -0.25) is 0 Å². The minimum atomic E-state index is -0.0787. The Morgan fingerprint density at radius 2 is 1.89 bits per heavy atom. The summed E-state index contributed by atoms with van der Waals surface area (Å²) < 4.78 is 11.1. The largest absolute Gasteiger partial charge is 0.496 e. The number of furan rings is 1. The highest BCUT2D eigenvalue weighted by Crippen LogP contribution is 2.37. The Morgan fingerprint density at radius 3 is 2.63 bits per heavy atom. The van der Waals surface area contributed by atoms with Gasteiger partial charge in [0, 0.05) is 17.7 Å². The SMILES string of the molecule is COc1ccccc1[C@@H]1CC(c2ccco2)=NN1C(=S)Nc1ccccc1. The lowest BCUT2D eigenvalue weighted by atomic mass is 10.00. The molecule has 4 rings (SSSR count). The van der Waals surface area contributed by atoms with Crippen LogP contribution in [0.25, 0.3) is 0 Å². The van der Waals surface area contributed by atoms with Gasteiger partial charge in [-0.1, -0.05) is 36.4 Å². The number of hydrazone groups is 1. The Labute approximate surface area is 163 Å². The molecule has 0 aliphatic carbocycles. The first-order chi connectivity index (χ1) is 13.3. The molecule has 2 heterocycles. The molecule has 1 atom stereocenters. The summed E-state index contributed by atoms with van der Waals surface area (Å²) in [5.41, 5.74) is 2.80. The molecule has 1 aliphatic heterocycles. The molecule has 0 saturated heterocycles. The number of para-hydroxylation sites is 2. The van der Waals surface area contributed by atoms with Crippen molar-refractivity contribution >= 4 is 28.7 Å². The maximum atomic E-state index is 5.67. The van der Waals surface area contributed by atoms with Crippen LogP contribution in [-0.2, 0) is 0 Å². The average molecular weight is 377 g/mol. The van der Waals surface area contributed by atoms with Crippen molar-refractivity contribution in [2.75, 3.05) is 12.4 Å². The molecule has 0 spiro atoms. The zero-order chi connectivity index (χ0) is 18.6. The predicted octanol–water partition coefficient (Wildman–Crippen LogP) is 4.84. The first kappa shape index (κ1) is 17.3. The first-order valence-corrected chi connectivity index (χ1v) is 9.06. The van der Waals surface area contributed by atoms with E-state index in [1.165, 1.54) is 0 Å². The topological polar surface area (TPSA) is 50.0 Å². The van der Waals surface area contributed by atoms with Crippen molar-refractivity contribution in [3.63, 3.8) is 0 Å². The molecule has 1 aromatic heterocycles. The minimum absolute atomic E-state index is 0.0787. The van der Waals surface area contributed by atoms with Crippen molar-refractivity contribution in [3.8, 4) is 5.75 Å². The van der Waals surface area contributed by atoms with Gasteiger partial charge in [0.05, 0.1) is 19.4 Å². The summed E-state index contributed by atoms with van der Waals surface area (Å²) in [6.07, 6.45) is 2.32. The van der Waals surface area contributed by atoms with Crippen LogP contribution >= 0.6 is 12.2 Å². The van der Waals surface area contributed by atoms with Gasteiger partial charge in [0.25, 0.3) is 0 Å². The molecule has 0 amide bonds. The van der Waals surface area contributed by atoms with Crippen LogP contribution in [0.1, 0.15) is 23.8 Å². The van der Waals surface area contributed by atoms with E-state index >= 15 is 0 Å². The summed E-state index contributed by atoms with van der Waals surface area (Å²) in [5.74, 6) is 1.56. The average Bonchev–Trinajstić information content (AvgIpc) is 3.38. The van der Waals surface area contributed by atoms with Crippen LogP contribution in [0.15, 0.2) is 82.5 Å². The van der Waals surface area contributed by atoms with E-state index in [1.54, 1.807) is 13.4 Å². The summed E-state index contributed by atoms with van der Waals surface area (Å²) in [4.78, 5) is 0. The lowest BCUT2D eigenvalue weighted by Crippen LogP contribution is -2.31. The first-order valence-electron chi connectivity index (χ1n) is 8.66. The number of methoxy groups -OCH3 is 1. The molecular formula is C21H19N3O2S. The predicted molar refractivity (Wildman–Crippen MR) is 110 cm³/mol. The van der Waals surface area contributed by atoms with E-state index in [-0.39, 0.29) is 6.04 Å². The molecule has 1 N–H and O–H groups in total. The monoisotopic (exact) mass is 377 g/mol. The van der Waals surface area contributed by atoms with Crippen LogP contribution in [0.3, 0.4) is 0 Å². The summed E-state index contributed by atoms with van der Waals surface area (Å²) in [7, 11) is 1.67. The van der Waals surface area contributed by atoms with E-state index in [1.807, 2.05) is 71.7 Å². The zero-order valence-electron chi connectivity index (χ0n) is 14.8. The van der Waals surface area contributed by atoms with Gasteiger partial charge in [0.15, 0.2) is 5.11 Å². The van der Waals surface area contributed by atoms with Crippen LogP contribution in [0, 0.1) is 0 Å². The van der Waals surface area contributed by atoms with Gasteiger partial charge >= 0.3 is 0 Å². The van der Waals surface area contributed by atoms with Crippen molar-refractivity contribution in [2.24, 2.45) is 5.10 Å². The third-order valence-electron chi connectivity index (χ3n) is 4.45. The van der Waals surface area contributed by atoms with Crippen molar-refractivity contribution in [1.29, 1.82) is 0 Å². The van der Waals surface area contributed by atoms with Gasteiger partial charge in [-0.15, -0.1) is 0 Å². The summed E-state index contributed by atoms with van der Waals surface area (Å²) in [5, 5.41) is 10.4. The highest BCUT2D eigenvalue weighted by molar-refractivity contribution is 7.80. The zero-order valence-corrected chi connectivity index (χ0v) is 15.6. The molecule has 27 heavy (non-hydrogen) atoms. The molecule has 0 radical (unpaired) electrons. The van der Waals surface area contributed by atoms with E-state index in [4.69, 9.17) is 26.5 Å². The Morgan fingerprint density at radius 1 is 1.11 bits per heavy atom. The maximum absolute atomic E-state index is 5.67. The van der Waals surface area contributed by atoms with Crippen molar-refractivity contribution < 1.29 is 9.15 Å². The number of ether oxygens (including phenoxy) is 1. The molecule has 2 aromatic carbocycles. The Kier molecular flexibility index (Phi) is 4.89. The Bertz CT molecular complexity index is 955. The number of benzene rings is 2. The minimum Gasteiger partial charge on any atom is -0.496 e.